The van der Waals surface area contributed by atoms with Crippen LogP contribution in [0.1, 0.15) is 32.6 Å². The first-order valence-electron chi connectivity index (χ1n) is 3.90. The molecule has 0 aliphatic heterocycles. The van der Waals surface area contributed by atoms with Crippen molar-refractivity contribution in [3.05, 3.63) is 0 Å². The summed E-state index contributed by atoms with van der Waals surface area (Å²) in [5.74, 6) is 0.672. The van der Waals surface area contributed by atoms with E-state index in [1.165, 1.54) is 19.3 Å². The molecule has 2 saturated carbocycles. The SMILES string of the molecule is C[C@@]12CCC[C@@H](O)[C@@H]1C2. The van der Waals surface area contributed by atoms with Crippen LogP contribution < -0.4 is 0 Å². The lowest BCUT2D eigenvalue weighted by atomic mass is 9.88. The fraction of sp³-hybridized carbons (Fsp3) is 1.00. The van der Waals surface area contributed by atoms with Crippen molar-refractivity contribution in [3.63, 3.8) is 0 Å². The summed E-state index contributed by atoms with van der Waals surface area (Å²) >= 11 is 0. The van der Waals surface area contributed by atoms with Gasteiger partial charge in [0, 0.05) is 0 Å². The van der Waals surface area contributed by atoms with Gasteiger partial charge in [-0.15, -0.1) is 0 Å². The molecule has 1 nitrogen and oxygen atoms in total. The maximum atomic E-state index is 9.38. The van der Waals surface area contributed by atoms with Crippen LogP contribution in [-0.2, 0) is 0 Å². The van der Waals surface area contributed by atoms with Crippen LogP contribution in [0.25, 0.3) is 0 Å². The highest BCUT2D eigenvalue weighted by molar-refractivity contribution is 5.04. The second kappa shape index (κ2) is 1.51. The third kappa shape index (κ3) is 0.710. The van der Waals surface area contributed by atoms with Gasteiger partial charge >= 0.3 is 0 Å². The molecule has 0 amide bonds. The minimum atomic E-state index is 0.0451. The summed E-state index contributed by atoms with van der Waals surface area (Å²) in [6.45, 7) is 2.31. The highest BCUT2D eigenvalue weighted by Gasteiger charge is 2.54. The van der Waals surface area contributed by atoms with Crippen LogP contribution >= 0.6 is 0 Å². The molecule has 0 aromatic heterocycles. The number of aliphatic hydroxyl groups is 1. The predicted octanol–water partition coefficient (Wildman–Crippen LogP) is 1.56. The number of fused-ring (bicyclic) bond motifs is 1. The van der Waals surface area contributed by atoms with Crippen molar-refractivity contribution in [3.8, 4) is 0 Å². The fourth-order valence-electron chi connectivity index (χ4n) is 2.25. The third-order valence-corrected chi connectivity index (χ3v) is 3.13. The van der Waals surface area contributed by atoms with Crippen LogP contribution in [0, 0.1) is 11.3 Å². The van der Waals surface area contributed by atoms with Crippen LogP contribution in [0.5, 0.6) is 0 Å². The molecule has 1 N–H and O–H groups in total. The first-order chi connectivity index (χ1) is 4.22. The molecule has 1 heteroatoms. The molecule has 0 heterocycles. The van der Waals surface area contributed by atoms with Crippen molar-refractivity contribution in [1.29, 1.82) is 0 Å². The predicted molar refractivity (Wildman–Crippen MR) is 36.1 cm³/mol. The van der Waals surface area contributed by atoms with E-state index >= 15 is 0 Å². The van der Waals surface area contributed by atoms with E-state index in [4.69, 9.17) is 0 Å². The lowest BCUT2D eigenvalue weighted by molar-refractivity contribution is 0.0977. The van der Waals surface area contributed by atoms with Crippen molar-refractivity contribution in [1.82, 2.24) is 0 Å². The largest absolute Gasteiger partial charge is 0.393 e. The zero-order valence-electron chi connectivity index (χ0n) is 5.93. The molecule has 9 heavy (non-hydrogen) atoms. The number of hydrogen-bond donors (Lipinski definition) is 1. The van der Waals surface area contributed by atoms with Crippen molar-refractivity contribution >= 4 is 0 Å². The lowest BCUT2D eigenvalue weighted by Gasteiger charge is -2.21. The maximum Gasteiger partial charge on any atom is 0.0573 e. The van der Waals surface area contributed by atoms with Crippen molar-refractivity contribution in [2.75, 3.05) is 0 Å². The van der Waals surface area contributed by atoms with Gasteiger partial charge in [-0.2, -0.15) is 0 Å². The third-order valence-electron chi connectivity index (χ3n) is 3.13. The van der Waals surface area contributed by atoms with Crippen LogP contribution in [0.3, 0.4) is 0 Å². The summed E-state index contributed by atoms with van der Waals surface area (Å²) in [4.78, 5) is 0. The van der Waals surface area contributed by atoms with E-state index in [0.717, 1.165) is 6.42 Å². The van der Waals surface area contributed by atoms with Gasteiger partial charge in [0.05, 0.1) is 6.10 Å². The Balaban J connectivity index is 2.07. The molecule has 3 atom stereocenters. The molecule has 0 unspecified atom stereocenters. The summed E-state index contributed by atoms with van der Waals surface area (Å²) in [6.07, 6.45) is 4.99. The highest BCUT2D eigenvalue weighted by atomic mass is 16.3. The van der Waals surface area contributed by atoms with Gasteiger partial charge in [0.1, 0.15) is 0 Å². The highest BCUT2D eigenvalue weighted by Crippen LogP contribution is 2.60. The molecule has 0 radical (unpaired) electrons. The lowest BCUT2D eigenvalue weighted by Crippen LogP contribution is -2.19. The number of rotatable bonds is 0. The Morgan fingerprint density at radius 1 is 1.56 bits per heavy atom. The van der Waals surface area contributed by atoms with E-state index in [2.05, 4.69) is 6.92 Å². The second-order valence-electron chi connectivity index (χ2n) is 3.92. The van der Waals surface area contributed by atoms with Gasteiger partial charge in [-0.3, -0.25) is 0 Å². The van der Waals surface area contributed by atoms with E-state index in [0.29, 0.717) is 11.3 Å². The first-order valence-corrected chi connectivity index (χ1v) is 3.90. The zero-order valence-corrected chi connectivity index (χ0v) is 5.93. The average molecular weight is 126 g/mol. The fourth-order valence-corrected chi connectivity index (χ4v) is 2.25. The minimum absolute atomic E-state index is 0.0451. The normalized spacial score (nSPS) is 56.7. The molecule has 0 aromatic rings. The summed E-state index contributed by atoms with van der Waals surface area (Å²) < 4.78 is 0. The molecular weight excluding hydrogens is 112 g/mol. The van der Waals surface area contributed by atoms with E-state index in [1.807, 2.05) is 0 Å². The van der Waals surface area contributed by atoms with Gasteiger partial charge in [0.25, 0.3) is 0 Å². The van der Waals surface area contributed by atoms with Gasteiger partial charge in [-0.1, -0.05) is 13.3 Å². The topological polar surface area (TPSA) is 20.2 Å². The second-order valence-corrected chi connectivity index (χ2v) is 3.92. The van der Waals surface area contributed by atoms with Crippen LogP contribution in [0.15, 0.2) is 0 Å². The van der Waals surface area contributed by atoms with Gasteiger partial charge in [-0.25, -0.2) is 0 Å². The maximum absolute atomic E-state index is 9.38. The molecular formula is C8H14O. The monoisotopic (exact) mass is 126 g/mol. The Morgan fingerprint density at radius 2 is 2.33 bits per heavy atom. The molecule has 2 aliphatic carbocycles. The Labute approximate surface area is 56.1 Å². The van der Waals surface area contributed by atoms with Crippen molar-refractivity contribution in [2.45, 2.75) is 38.7 Å². The molecule has 2 fully saturated rings. The number of aliphatic hydroxyl groups excluding tert-OH is 1. The molecule has 0 spiro atoms. The molecule has 2 aliphatic rings. The molecule has 0 saturated heterocycles. The standard InChI is InChI=1S/C8H14O/c1-8-4-2-3-7(9)6(8)5-8/h6-7,9H,2-5H2,1H3/t6-,7+,8-/m0/s1. The molecule has 52 valence electrons. The molecule has 0 bridgehead atoms. The van der Waals surface area contributed by atoms with E-state index in [-0.39, 0.29) is 6.10 Å². The summed E-state index contributed by atoms with van der Waals surface area (Å²) in [7, 11) is 0. The van der Waals surface area contributed by atoms with Crippen LogP contribution in [-0.4, -0.2) is 11.2 Å². The molecule has 0 aromatic carbocycles. The van der Waals surface area contributed by atoms with Gasteiger partial charge in [0.2, 0.25) is 0 Å². The van der Waals surface area contributed by atoms with E-state index < -0.39 is 0 Å². The first kappa shape index (κ1) is 5.72. The van der Waals surface area contributed by atoms with E-state index in [9.17, 15) is 5.11 Å². The summed E-state index contributed by atoms with van der Waals surface area (Å²) in [6, 6.07) is 0. The Hall–Kier alpha value is -0.0400. The Bertz CT molecular complexity index is 133. The Kier molecular flexibility index (Phi) is 0.963. The quantitative estimate of drug-likeness (QED) is 0.522. The zero-order chi connectivity index (χ0) is 6.48. The van der Waals surface area contributed by atoms with Crippen molar-refractivity contribution < 1.29 is 5.11 Å². The van der Waals surface area contributed by atoms with Crippen molar-refractivity contribution in [2.24, 2.45) is 11.3 Å². The average Bonchev–Trinajstić information content (AvgIpc) is 2.43. The Morgan fingerprint density at radius 3 is 2.89 bits per heavy atom. The van der Waals surface area contributed by atoms with Gasteiger partial charge in [-0.05, 0) is 30.6 Å². The van der Waals surface area contributed by atoms with E-state index in [1.54, 1.807) is 0 Å². The van der Waals surface area contributed by atoms with Crippen LogP contribution in [0.4, 0.5) is 0 Å². The van der Waals surface area contributed by atoms with Crippen LogP contribution in [0.2, 0.25) is 0 Å². The smallest absolute Gasteiger partial charge is 0.0573 e. The van der Waals surface area contributed by atoms with Gasteiger partial charge in [0.15, 0.2) is 0 Å². The minimum Gasteiger partial charge on any atom is -0.393 e. The summed E-state index contributed by atoms with van der Waals surface area (Å²) in [5.41, 5.74) is 0.567. The summed E-state index contributed by atoms with van der Waals surface area (Å²) in [5, 5.41) is 9.38. The molecule has 2 rings (SSSR count). The number of hydrogen-bond acceptors (Lipinski definition) is 1. The van der Waals surface area contributed by atoms with Gasteiger partial charge < -0.3 is 5.11 Å².